The van der Waals surface area contributed by atoms with Gasteiger partial charge in [0, 0.05) is 6.42 Å². The fraction of sp³-hybridized carbons (Fsp3) is 0.780. The van der Waals surface area contributed by atoms with E-state index in [-0.39, 0.29) is 12.1 Å². The summed E-state index contributed by atoms with van der Waals surface area (Å²) >= 11 is 0. The molecule has 0 rings (SSSR count). The molecule has 0 aliphatic rings. The van der Waals surface area contributed by atoms with Crippen molar-refractivity contribution in [1.29, 1.82) is 0 Å². The second-order valence-corrected chi connectivity index (χ2v) is 12.8. The van der Waals surface area contributed by atoms with Crippen molar-refractivity contribution in [2.45, 2.75) is 200 Å². The highest BCUT2D eigenvalue weighted by Crippen LogP contribution is 2.18. The second-order valence-electron chi connectivity index (χ2n) is 12.8. The Morgan fingerprint density at radius 3 is 1.25 bits per heavy atom. The van der Waals surface area contributed by atoms with Crippen LogP contribution < -0.4 is 5.73 Å². The van der Waals surface area contributed by atoms with Crippen LogP contribution in [0.25, 0.3) is 0 Å². The van der Waals surface area contributed by atoms with E-state index in [0.717, 1.165) is 32.1 Å². The highest BCUT2D eigenvalue weighted by Gasteiger charge is 2.14. The lowest BCUT2D eigenvalue weighted by molar-refractivity contribution is -0.150. The van der Waals surface area contributed by atoms with Gasteiger partial charge in [0.1, 0.15) is 6.10 Å². The first kappa shape index (κ1) is 42.4. The quantitative estimate of drug-likeness (QED) is 0.0446. The molecule has 0 aromatic rings. The molecule has 0 saturated heterocycles. The van der Waals surface area contributed by atoms with Crippen molar-refractivity contribution in [2.24, 2.45) is 5.73 Å². The molecule has 0 aromatic carbocycles. The SMILES string of the molecule is CCCCCC=CCC=CCCCCCCCCC(CCCCCCCCC=CC/C=C\CCCCC)OC(=O)CCCN. The molecule has 1 atom stereocenters. The number of unbranched alkanes of at least 4 members (excludes halogenated alkanes) is 18. The predicted molar refractivity (Wildman–Crippen MR) is 196 cm³/mol. The van der Waals surface area contributed by atoms with E-state index in [1.807, 2.05) is 0 Å². The number of allylic oxidation sites excluding steroid dienone is 8. The molecular formula is C41H75NO2. The molecule has 0 heterocycles. The molecule has 0 aromatic heterocycles. The Balaban J connectivity index is 3.88. The van der Waals surface area contributed by atoms with Gasteiger partial charge in [0.05, 0.1) is 0 Å². The second kappa shape index (κ2) is 37.6. The van der Waals surface area contributed by atoms with Crippen LogP contribution in [-0.4, -0.2) is 18.6 Å². The summed E-state index contributed by atoms with van der Waals surface area (Å²) < 4.78 is 5.88. The normalized spacial score (nSPS) is 12.9. The monoisotopic (exact) mass is 614 g/mol. The van der Waals surface area contributed by atoms with E-state index in [0.29, 0.717) is 13.0 Å². The molecule has 0 radical (unpaired) electrons. The van der Waals surface area contributed by atoms with Crippen molar-refractivity contribution in [1.82, 2.24) is 0 Å². The maximum Gasteiger partial charge on any atom is 0.306 e. The molecule has 0 amide bonds. The van der Waals surface area contributed by atoms with Crippen LogP contribution in [0.2, 0.25) is 0 Å². The summed E-state index contributed by atoms with van der Waals surface area (Å²) in [5, 5.41) is 0. The van der Waals surface area contributed by atoms with Crippen LogP contribution in [0, 0.1) is 0 Å². The molecule has 3 nitrogen and oxygen atoms in total. The largest absolute Gasteiger partial charge is 0.462 e. The molecule has 0 spiro atoms. The molecule has 0 aliphatic heterocycles. The van der Waals surface area contributed by atoms with Crippen LogP contribution in [0.4, 0.5) is 0 Å². The number of hydrogen-bond acceptors (Lipinski definition) is 3. The number of hydrogen-bond donors (Lipinski definition) is 1. The first-order valence-electron chi connectivity index (χ1n) is 19.2. The van der Waals surface area contributed by atoms with Crippen molar-refractivity contribution < 1.29 is 9.53 Å². The smallest absolute Gasteiger partial charge is 0.306 e. The standard InChI is InChI=1S/C41H75NO2/c1-3-5-7-9-11-13-15-17-19-21-23-25-27-29-31-33-36-40(44-41(43)38-35-39-42)37-34-32-30-28-26-24-22-20-18-16-14-12-10-8-6-4-2/h11-14,17-20,40H,3-10,15-16,21-39,42H2,1-2H3/b13-11-,14-12?,19-17?,20-18?. The van der Waals surface area contributed by atoms with Crippen LogP contribution in [0.5, 0.6) is 0 Å². The van der Waals surface area contributed by atoms with Gasteiger partial charge >= 0.3 is 5.97 Å². The van der Waals surface area contributed by atoms with Gasteiger partial charge in [-0.25, -0.2) is 0 Å². The van der Waals surface area contributed by atoms with E-state index in [9.17, 15) is 4.79 Å². The predicted octanol–water partition coefficient (Wildman–Crippen LogP) is 13.0. The molecule has 256 valence electrons. The summed E-state index contributed by atoms with van der Waals surface area (Å²) in [7, 11) is 0. The van der Waals surface area contributed by atoms with Gasteiger partial charge in [-0.15, -0.1) is 0 Å². The number of rotatable bonds is 34. The maximum atomic E-state index is 12.3. The number of ether oxygens (including phenoxy) is 1. The van der Waals surface area contributed by atoms with Crippen molar-refractivity contribution in [3.8, 4) is 0 Å². The highest BCUT2D eigenvalue weighted by molar-refractivity contribution is 5.69. The molecule has 3 heteroatoms. The first-order valence-corrected chi connectivity index (χ1v) is 19.2. The van der Waals surface area contributed by atoms with E-state index in [2.05, 4.69) is 62.5 Å². The lowest BCUT2D eigenvalue weighted by atomic mass is 10.0. The zero-order chi connectivity index (χ0) is 32.0. The van der Waals surface area contributed by atoms with Crippen molar-refractivity contribution in [2.75, 3.05) is 6.54 Å². The molecule has 1 unspecified atom stereocenters. The summed E-state index contributed by atoms with van der Waals surface area (Å²) in [4.78, 5) is 12.3. The van der Waals surface area contributed by atoms with Gasteiger partial charge in [0.15, 0.2) is 0 Å². The minimum atomic E-state index is -0.0551. The summed E-state index contributed by atoms with van der Waals surface area (Å²) in [6.45, 7) is 5.07. The Hall–Kier alpha value is -1.61. The molecule has 2 N–H and O–H groups in total. The van der Waals surface area contributed by atoms with Gasteiger partial charge in [-0.1, -0.05) is 140 Å². The van der Waals surface area contributed by atoms with Crippen molar-refractivity contribution in [3.05, 3.63) is 48.6 Å². The summed E-state index contributed by atoms with van der Waals surface area (Å²) in [5.41, 5.74) is 5.59. The molecule has 0 aliphatic carbocycles. The zero-order valence-electron chi connectivity index (χ0n) is 29.6. The van der Waals surface area contributed by atoms with Crippen LogP contribution in [0.1, 0.15) is 194 Å². The first-order chi connectivity index (χ1) is 21.7. The average molecular weight is 614 g/mol. The fourth-order valence-electron chi connectivity index (χ4n) is 5.47. The molecule has 0 fully saturated rings. The van der Waals surface area contributed by atoms with Gasteiger partial charge in [0.2, 0.25) is 0 Å². The van der Waals surface area contributed by atoms with Crippen LogP contribution >= 0.6 is 0 Å². The maximum absolute atomic E-state index is 12.3. The third-order valence-electron chi connectivity index (χ3n) is 8.34. The van der Waals surface area contributed by atoms with Gasteiger partial charge in [-0.2, -0.15) is 0 Å². The van der Waals surface area contributed by atoms with E-state index in [1.165, 1.54) is 141 Å². The van der Waals surface area contributed by atoms with E-state index in [4.69, 9.17) is 10.5 Å². The Labute approximate surface area is 275 Å². The van der Waals surface area contributed by atoms with E-state index >= 15 is 0 Å². The Kier molecular flexibility index (Phi) is 36.2. The summed E-state index contributed by atoms with van der Waals surface area (Å²) in [5.74, 6) is -0.0551. The fourth-order valence-corrected chi connectivity index (χ4v) is 5.47. The lowest BCUT2D eigenvalue weighted by Crippen LogP contribution is -2.19. The minimum Gasteiger partial charge on any atom is -0.462 e. The Morgan fingerprint density at radius 2 is 0.864 bits per heavy atom. The van der Waals surface area contributed by atoms with E-state index in [1.54, 1.807) is 0 Å². The van der Waals surface area contributed by atoms with Gasteiger partial charge in [0.25, 0.3) is 0 Å². The van der Waals surface area contributed by atoms with Crippen LogP contribution in [0.15, 0.2) is 48.6 Å². The molecular weight excluding hydrogens is 538 g/mol. The molecule has 0 saturated carbocycles. The van der Waals surface area contributed by atoms with Crippen LogP contribution in [-0.2, 0) is 9.53 Å². The molecule has 0 bridgehead atoms. The Bertz CT molecular complexity index is 645. The number of carbonyl (C=O) groups is 1. The topological polar surface area (TPSA) is 52.3 Å². The third kappa shape index (κ3) is 34.9. The van der Waals surface area contributed by atoms with E-state index < -0.39 is 0 Å². The number of esters is 1. The minimum absolute atomic E-state index is 0.0551. The van der Waals surface area contributed by atoms with Gasteiger partial charge in [-0.3, -0.25) is 4.79 Å². The Morgan fingerprint density at radius 1 is 0.500 bits per heavy atom. The van der Waals surface area contributed by atoms with Crippen molar-refractivity contribution >= 4 is 5.97 Å². The molecule has 44 heavy (non-hydrogen) atoms. The van der Waals surface area contributed by atoms with Crippen LogP contribution in [0.3, 0.4) is 0 Å². The summed E-state index contributed by atoms with van der Waals surface area (Å²) in [6, 6.07) is 0. The number of carbonyl (C=O) groups excluding carboxylic acids is 1. The lowest BCUT2D eigenvalue weighted by Gasteiger charge is -2.18. The highest BCUT2D eigenvalue weighted by atomic mass is 16.5. The summed E-state index contributed by atoms with van der Waals surface area (Å²) in [6.07, 6.45) is 52.3. The number of nitrogens with two attached hydrogens (primary N) is 1. The van der Waals surface area contributed by atoms with Gasteiger partial charge in [-0.05, 0) is 103 Å². The van der Waals surface area contributed by atoms with Crippen molar-refractivity contribution in [3.63, 3.8) is 0 Å². The zero-order valence-corrected chi connectivity index (χ0v) is 29.6. The van der Waals surface area contributed by atoms with Gasteiger partial charge < -0.3 is 10.5 Å². The average Bonchev–Trinajstić information content (AvgIpc) is 3.03. The third-order valence-corrected chi connectivity index (χ3v) is 8.34.